The highest BCUT2D eigenvalue weighted by atomic mass is 32.1. The van der Waals surface area contributed by atoms with Crippen LogP contribution in [0.3, 0.4) is 0 Å². The van der Waals surface area contributed by atoms with E-state index in [1.807, 2.05) is 41.1 Å². The van der Waals surface area contributed by atoms with Gasteiger partial charge in [-0.05, 0) is 111 Å². The van der Waals surface area contributed by atoms with Crippen LogP contribution >= 0.6 is 22.7 Å². The number of pyridine rings is 1. The molecule has 0 aliphatic heterocycles. The van der Waals surface area contributed by atoms with Crippen LogP contribution in [0.4, 0.5) is 0 Å². The first-order valence-electron chi connectivity index (χ1n) is 20.1. The van der Waals surface area contributed by atoms with Crippen molar-refractivity contribution in [3.8, 4) is 67.3 Å². The van der Waals surface area contributed by atoms with Crippen LogP contribution < -0.4 is 0 Å². The van der Waals surface area contributed by atoms with E-state index in [1.54, 1.807) is 0 Å². The van der Waals surface area contributed by atoms with Crippen LogP contribution in [0.2, 0.25) is 0 Å². The number of hydrogen-bond donors (Lipinski definition) is 0. The summed E-state index contributed by atoms with van der Waals surface area (Å²) in [6.07, 6.45) is 3.73. The molecule has 0 aliphatic carbocycles. The minimum Gasteiger partial charge on any atom is -0.264 e. The molecule has 0 saturated carbocycles. The number of thiophene rings is 2. The number of benzene rings is 8. The standard InChI is InChI=1S/C55H33N3S2/c1-2-11-35-26-38(20-19-34(35)10-1)55-57-49(32-50(58-55)44-14-4-3-13-43(44)39-12-9-25-56-33-39)42-28-40(36-21-23-53-47(30-36)45-15-5-7-17-51(45)59-53)27-41(29-42)37-22-24-54-48(31-37)46-16-6-8-18-52(46)60-54/h1-33H. The number of aromatic nitrogens is 3. The Hall–Kier alpha value is -7.31. The summed E-state index contributed by atoms with van der Waals surface area (Å²) < 4.78 is 5.19. The molecule has 0 atom stereocenters. The molecule has 0 spiro atoms. The topological polar surface area (TPSA) is 38.7 Å². The number of nitrogens with zero attached hydrogens (tertiary/aromatic N) is 3. The Morgan fingerprint density at radius 1 is 0.317 bits per heavy atom. The van der Waals surface area contributed by atoms with Gasteiger partial charge in [-0.25, -0.2) is 9.97 Å². The Bertz CT molecular complexity index is 3490. The first-order valence-corrected chi connectivity index (χ1v) is 21.7. The van der Waals surface area contributed by atoms with Crippen molar-refractivity contribution in [1.29, 1.82) is 0 Å². The first kappa shape index (κ1) is 34.7. The molecule has 0 fully saturated rings. The van der Waals surface area contributed by atoms with Crippen LogP contribution in [0.25, 0.3) is 118 Å². The van der Waals surface area contributed by atoms with Crippen molar-refractivity contribution in [3.05, 3.63) is 200 Å². The summed E-state index contributed by atoms with van der Waals surface area (Å²) >= 11 is 3.70. The summed E-state index contributed by atoms with van der Waals surface area (Å²) in [4.78, 5) is 15.2. The van der Waals surface area contributed by atoms with Crippen molar-refractivity contribution >= 4 is 73.8 Å². The lowest BCUT2D eigenvalue weighted by Crippen LogP contribution is -1.98. The summed E-state index contributed by atoms with van der Waals surface area (Å²) in [5, 5.41) is 7.47. The third-order valence-electron chi connectivity index (χ3n) is 11.6. The highest BCUT2D eigenvalue weighted by Crippen LogP contribution is 2.42. The predicted octanol–water partition coefficient (Wildman–Crippen LogP) is 15.8. The van der Waals surface area contributed by atoms with Crippen molar-refractivity contribution in [2.45, 2.75) is 0 Å². The first-order chi connectivity index (χ1) is 29.7. The number of fused-ring (bicyclic) bond motifs is 7. The van der Waals surface area contributed by atoms with Gasteiger partial charge in [-0.15, -0.1) is 22.7 Å². The van der Waals surface area contributed by atoms with Gasteiger partial charge in [0.1, 0.15) is 0 Å². The molecule has 0 saturated heterocycles. The molecule has 12 rings (SSSR count). The van der Waals surface area contributed by atoms with E-state index in [0.29, 0.717) is 5.82 Å². The molecule has 280 valence electrons. The summed E-state index contributed by atoms with van der Waals surface area (Å²) in [6.45, 7) is 0. The van der Waals surface area contributed by atoms with Crippen LogP contribution in [0.15, 0.2) is 200 Å². The molecular weight excluding hydrogens is 767 g/mol. The molecule has 12 aromatic rings. The smallest absolute Gasteiger partial charge is 0.160 e. The molecule has 60 heavy (non-hydrogen) atoms. The monoisotopic (exact) mass is 799 g/mol. The second kappa shape index (κ2) is 14.2. The van der Waals surface area contributed by atoms with E-state index in [1.165, 1.54) is 56.9 Å². The van der Waals surface area contributed by atoms with E-state index in [0.717, 1.165) is 55.7 Å². The normalized spacial score (nSPS) is 11.7. The Morgan fingerprint density at radius 3 is 1.57 bits per heavy atom. The summed E-state index contributed by atoms with van der Waals surface area (Å²) in [5.74, 6) is 0.679. The largest absolute Gasteiger partial charge is 0.264 e. The SMILES string of the molecule is c1cncc(-c2ccccc2-c2cc(-c3cc(-c4ccc5sc6ccccc6c5c4)cc(-c4ccc5sc6ccccc6c5c4)c3)nc(-c3ccc4ccccc4c3)n2)c1. The number of hydrogen-bond acceptors (Lipinski definition) is 5. The van der Waals surface area contributed by atoms with Crippen molar-refractivity contribution < 1.29 is 0 Å². The van der Waals surface area contributed by atoms with E-state index in [-0.39, 0.29) is 0 Å². The third kappa shape index (κ3) is 6.06. The number of rotatable bonds is 6. The van der Waals surface area contributed by atoms with E-state index in [9.17, 15) is 0 Å². The van der Waals surface area contributed by atoms with E-state index in [4.69, 9.17) is 9.97 Å². The molecule has 3 nitrogen and oxygen atoms in total. The molecule has 0 radical (unpaired) electrons. The Labute approximate surface area is 354 Å². The molecule has 0 bridgehead atoms. The second-order valence-electron chi connectivity index (χ2n) is 15.2. The zero-order chi connectivity index (χ0) is 39.6. The van der Waals surface area contributed by atoms with Gasteiger partial charge in [0.2, 0.25) is 0 Å². The quantitative estimate of drug-likeness (QED) is 0.168. The maximum Gasteiger partial charge on any atom is 0.160 e. The molecule has 0 unspecified atom stereocenters. The molecule has 0 amide bonds. The lowest BCUT2D eigenvalue weighted by Gasteiger charge is -2.15. The Kier molecular flexibility index (Phi) is 8.22. The predicted molar refractivity (Wildman–Crippen MR) is 256 cm³/mol. The zero-order valence-electron chi connectivity index (χ0n) is 32.2. The maximum atomic E-state index is 5.42. The average Bonchev–Trinajstić information content (AvgIpc) is 3.89. The van der Waals surface area contributed by atoms with Crippen LogP contribution in [-0.4, -0.2) is 15.0 Å². The van der Waals surface area contributed by atoms with Crippen molar-refractivity contribution in [3.63, 3.8) is 0 Å². The third-order valence-corrected chi connectivity index (χ3v) is 13.9. The molecule has 5 heteroatoms. The van der Waals surface area contributed by atoms with Gasteiger partial charge in [-0.1, -0.05) is 115 Å². The van der Waals surface area contributed by atoms with Gasteiger partial charge in [0, 0.05) is 75.0 Å². The van der Waals surface area contributed by atoms with E-state index in [2.05, 4.69) is 187 Å². The minimum absolute atomic E-state index is 0.679. The fourth-order valence-corrected chi connectivity index (χ4v) is 10.8. The summed E-state index contributed by atoms with van der Waals surface area (Å²) in [5.41, 5.74) is 11.5. The average molecular weight is 800 g/mol. The molecule has 0 aliphatic rings. The second-order valence-corrected chi connectivity index (χ2v) is 17.4. The van der Waals surface area contributed by atoms with E-state index < -0.39 is 0 Å². The highest BCUT2D eigenvalue weighted by Gasteiger charge is 2.18. The van der Waals surface area contributed by atoms with Gasteiger partial charge in [-0.3, -0.25) is 4.98 Å². The van der Waals surface area contributed by atoms with Gasteiger partial charge in [0.05, 0.1) is 11.4 Å². The van der Waals surface area contributed by atoms with Crippen molar-refractivity contribution in [2.24, 2.45) is 0 Å². The van der Waals surface area contributed by atoms with Crippen LogP contribution in [0.1, 0.15) is 0 Å². The minimum atomic E-state index is 0.679. The van der Waals surface area contributed by atoms with E-state index >= 15 is 0 Å². The molecule has 0 N–H and O–H groups in total. The molecule has 4 heterocycles. The zero-order valence-corrected chi connectivity index (χ0v) is 33.8. The molecule has 8 aromatic carbocycles. The lowest BCUT2D eigenvalue weighted by molar-refractivity contribution is 1.18. The fourth-order valence-electron chi connectivity index (χ4n) is 8.59. The Balaban J connectivity index is 1.11. The van der Waals surface area contributed by atoms with Crippen molar-refractivity contribution in [2.75, 3.05) is 0 Å². The Morgan fingerprint density at radius 2 is 0.883 bits per heavy atom. The summed E-state index contributed by atoms with van der Waals surface area (Å²) in [6, 6.07) is 67.9. The van der Waals surface area contributed by atoms with Crippen molar-refractivity contribution in [1.82, 2.24) is 15.0 Å². The van der Waals surface area contributed by atoms with Gasteiger partial charge in [-0.2, -0.15) is 0 Å². The van der Waals surface area contributed by atoms with Crippen LogP contribution in [-0.2, 0) is 0 Å². The van der Waals surface area contributed by atoms with Crippen LogP contribution in [0, 0.1) is 0 Å². The van der Waals surface area contributed by atoms with Gasteiger partial charge in [0.15, 0.2) is 5.82 Å². The molecular formula is C55H33N3S2. The fraction of sp³-hybridized carbons (Fsp3) is 0. The van der Waals surface area contributed by atoms with Crippen LogP contribution in [0.5, 0.6) is 0 Å². The summed E-state index contributed by atoms with van der Waals surface area (Å²) in [7, 11) is 0. The highest BCUT2D eigenvalue weighted by molar-refractivity contribution is 7.26. The van der Waals surface area contributed by atoms with Gasteiger partial charge in [0.25, 0.3) is 0 Å². The maximum absolute atomic E-state index is 5.42. The van der Waals surface area contributed by atoms with Gasteiger partial charge < -0.3 is 0 Å². The molecule has 4 aromatic heterocycles. The van der Waals surface area contributed by atoms with Gasteiger partial charge >= 0.3 is 0 Å². The lowest BCUT2D eigenvalue weighted by atomic mass is 9.93.